The van der Waals surface area contributed by atoms with Crippen LogP contribution in [0.1, 0.15) is 26.1 Å². The Morgan fingerprint density at radius 1 is 1.50 bits per heavy atom. The molecule has 90 valence electrons. The predicted octanol–water partition coefficient (Wildman–Crippen LogP) is 0.902. The van der Waals surface area contributed by atoms with E-state index >= 15 is 0 Å². The van der Waals surface area contributed by atoms with Gasteiger partial charge in [0.15, 0.2) is 5.54 Å². The molecule has 16 heavy (non-hydrogen) atoms. The minimum atomic E-state index is -4.78. The number of tetrazole rings is 1. The highest BCUT2D eigenvalue weighted by molar-refractivity contribution is 5.76. The Balaban J connectivity index is 3.33. The summed E-state index contributed by atoms with van der Waals surface area (Å²) >= 11 is 0. The Morgan fingerprint density at radius 3 is 2.44 bits per heavy atom. The highest BCUT2D eigenvalue weighted by atomic mass is 19.4. The van der Waals surface area contributed by atoms with Gasteiger partial charge in [-0.15, -0.1) is 5.10 Å². The molecule has 0 spiro atoms. The van der Waals surface area contributed by atoms with E-state index in [-0.39, 0.29) is 11.1 Å². The fourth-order valence-electron chi connectivity index (χ4n) is 1.09. The number of halogens is 3. The van der Waals surface area contributed by atoms with Crippen molar-refractivity contribution in [3.63, 3.8) is 0 Å². The first-order chi connectivity index (χ1) is 7.23. The van der Waals surface area contributed by atoms with E-state index in [0.29, 0.717) is 0 Å². The zero-order valence-corrected chi connectivity index (χ0v) is 8.49. The minimum Gasteiger partial charge on any atom is -0.479 e. The van der Waals surface area contributed by atoms with Gasteiger partial charge in [-0.25, -0.2) is 9.48 Å². The smallest absolute Gasteiger partial charge is 0.453 e. The zero-order valence-electron chi connectivity index (χ0n) is 8.49. The highest BCUT2D eigenvalue weighted by Gasteiger charge is 2.45. The van der Waals surface area contributed by atoms with Crippen LogP contribution in [0, 0.1) is 0 Å². The van der Waals surface area contributed by atoms with Crippen molar-refractivity contribution in [3.8, 4) is 0 Å². The van der Waals surface area contributed by atoms with Crippen molar-refractivity contribution in [1.29, 1.82) is 0 Å². The molecule has 0 aliphatic heterocycles. The molecular formula is C7H9F3N4O2. The lowest BCUT2D eigenvalue weighted by molar-refractivity contribution is -0.157. The van der Waals surface area contributed by atoms with Crippen molar-refractivity contribution in [2.45, 2.75) is 32.0 Å². The number of alkyl halides is 3. The maximum absolute atomic E-state index is 12.5. The number of carboxylic acid groups (broad SMARTS) is 1. The molecule has 1 unspecified atom stereocenters. The second kappa shape index (κ2) is 3.72. The second-order valence-electron chi connectivity index (χ2n) is 3.34. The lowest BCUT2D eigenvalue weighted by Crippen LogP contribution is -2.41. The van der Waals surface area contributed by atoms with Gasteiger partial charge in [0.05, 0.1) is 0 Å². The van der Waals surface area contributed by atoms with Crippen molar-refractivity contribution < 1.29 is 23.1 Å². The van der Waals surface area contributed by atoms with E-state index in [9.17, 15) is 18.0 Å². The number of carbonyl (C=O) groups is 1. The van der Waals surface area contributed by atoms with Gasteiger partial charge >= 0.3 is 12.1 Å². The van der Waals surface area contributed by atoms with Crippen LogP contribution >= 0.6 is 0 Å². The molecule has 0 aromatic carbocycles. The first-order valence-electron chi connectivity index (χ1n) is 4.33. The third kappa shape index (κ3) is 1.84. The van der Waals surface area contributed by atoms with E-state index in [4.69, 9.17) is 5.11 Å². The van der Waals surface area contributed by atoms with Crippen LogP contribution in [0.25, 0.3) is 0 Å². The van der Waals surface area contributed by atoms with Crippen LogP contribution in [0.15, 0.2) is 0 Å². The Kier molecular flexibility index (Phi) is 2.89. The number of carboxylic acids is 1. The summed E-state index contributed by atoms with van der Waals surface area (Å²) in [5, 5.41) is 17.7. The van der Waals surface area contributed by atoms with Crippen LogP contribution in [0.2, 0.25) is 0 Å². The van der Waals surface area contributed by atoms with Crippen LogP contribution < -0.4 is 0 Å². The second-order valence-corrected chi connectivity index (χ2v) is 3.34. The lowest BCUT2D eigenvalue weighted by Gasteiger charge is -2.24. The lowest BCUT2D eigenvalue weighted by atomic mass is 9.99. The molecule has 1 atom stereocenters. The molecule has 0 radical (unpaired) electrons. The monoisotopic (exact) mass is 238 g/mol. The van der Waals surface area contributed by atoms with Crippen molar-refractivity contribution in [1.82, 2.24) is 20.2 Å². The van der Waals surface area contributed by atoms with Gasteiger partial charge in [0.2, 0.25) is 0 Å². The van der Waals surface area contributed by atoms with Gasteiger partial charge < -0.3 is 5.11 Å². The largest absolute Gasteiger partial charge is 0.479 e. The summed E-state index contributed by atoms with van der Waals surface area (Å²) in [6.07, 6.45) is -4.86. The highest BCUT2D eigenvalue weighted by Crippen LogP contribution is 2.31. The Labute approximate surface area is 88.1 Å². The van der Waals surface area contributed by atoms with Gasteiger partial charge in [0, 0.05) is 0 Å². The number of hydrogen-bond donors (Lipinski definition) is 1. The molecule has 9 heteroatoms. The average Bonchev–Trinajstić information content (AvgIpc) is 2.64. The summed E-state index contributed by atoms with van der Waals surface area (Å²) in [7, 11) is 0. The molecule has 1 heterocycles. The molecule has 6 nitrogen and oxygen atoms in total. The van der Waals surface area contributed by atoms with Gasteiger partial charge in [0.1, 0.15) is 0 Å². The molecule has 1 N–H and O–H groups in total. The van der Waals surface area contributed by atoms with Gasteiger partial charge in [-0.05, 0) is 23.8 Å². The quantitative estimate of drug-likeness (QED) is 0.846. The minimum absolute atomic E-state index is 0.0730. The Hall–Kier alpha value is -1.67. The van der Waals surface area contributed by atoms with Crippen molar-refractivity contribution in [2.75, 3.05) is 0 Å². The number of hydrogen-bond acceptors (Lipinski definition) is 4. The molecule has 0 fully saturated rings. The van der Waals surface area contributed by atoms with Crippen LogP contribution in [-0.2, 0) is 16.5 Å². The maximum Gasteiger partial charge on any atom is 0.453 e. The summed E-state index contributed by atoms with van der Waals surface area (Å²) in [6.45, 7) is 2.57. The van der Waals surface area contributed by atoms with E-state index in [1.165, 1.54) is 6.92 Å². The first kappa shape index (κ1) is 12.4. The number of aromatic nitrogens is 4. The Bertz CT molecular complexity index is 403. The van der Waals surface area contributed by atoms with Gasteiger partial charge in [-0.1, -0.05) is 6.92 Å². The molecule has 1 aromatic heterocycles. The van der Waals surface area contributed by atoms with E-state index < -0.39 is 23.5 Å². The first-order valence-corrected chi connectivity index (χ1v) is 4.33. The number of aliphatic carboxylic acids is 1. The molecule has 0 saturated carbocycles. The molecule has 0 amide bonds. The molecule has 0 aliphatic carbocycles. The Morgan fingerprint density at radius 2 is 2.06 bits per heavy atom. The van der Waals surface area contributed by atoms with Crippen molar-refractivity contribution in [2.24, 2.45) is 0 Å². The third-order valence-corrected chi connectivity index (χ3v) is 2.34. The standard InChI is InChI=1S/C7H9F3N4O2/c1-3-6(2,5(15)16)14-4(7(8,9)10)11-12-13-14/h3H2,1-2H3,(H,15,16). The zero-order chi connectivity index (χ0) is 12.6. The summed E-state index contributed by atoms with van der Waals surface area (Å²) in [5.41, 5.74) is -1.81. The fourth-order valence-corrected chi connectivity index (χ4v) is 1.09. The van der Waals surface area contributed by atoms with Gasteiger partial charge in [0.25, 0.3) is 5.82 Å². The number of nitrogens with zero attached hydrogens (tertiary/aromatic N) is 4. The van der Waals surface area contributed by atoms with Crippen molar-refractivity contribution in [3.05, 3.63) is 5.82 Å². The van der Waals surface area contributed by atoms with Crippen LogP contribution in [0.5, 0.6) is 0 Å². The van der Waals surface area contributed by atoms with E-state index in [1.807, 2.05) is 0 Å². The van der Waals surface area contributed by atoms with Crippen LogP contribution in [0.3, 0.4) is 0 Å². The number of rotatable bonds is 3. The predicted molar refractivity (Wildman–Crippen MR) is 44.4 cm³/mol. The molecule has 1 aromatic rings. The molecule has 0 aliphatic rings. The molecule has 0 bridgehead atoms. The topological polar surface area (TPSA) is 80.9 Å². The van der Waals surface area contributed by atoms with Gasteiger partial charge in [-0.2, -0.15) is 13.2 Å². The molecular weight excluding hydrogens is 229 g/mol. The van der Waals surface area contributed by atoms with Gasteiger partial charge in [-0.3, -0.25) is 0 Å². The fraction of sp³-hybridized carbons (Fsp3) is 0.714. The third-order valence-electron chi connectivity index (χ3n) is 2.34. The van der Waals surface area contributed by atoms with E-state index in [1.54, 1.807) is 0 Å². The normalized spacial score (nSPS) is 15.8. The summed E-state index contributed by atoms with van der Waals surface area (Å²) in [5.74, 6) is -2.84. The van der Waals surface area contributed by atoms with E-state index in [2.05, 4.69) is 15.5 Å². The van der Waals surface area contributed by atoms with Crippen LogP contribution in [-0.4, -0.2) is 31.3 Å². The SMILES string of the molecule is CCC(C)(C(=O)O)n1nnnc1C(F)(F)F. The molecule has 0 saturated heterocycles. The summed E-state index contributed by atoms with van der Waals surface area (Å²) in [4.78, 5) is 10.9. The van der Waals surface area contributed by atoms with Crippen LogP contribution in [0.4, 0.5) is 13.2 Å². The molecule has 1 rings (SSSR count). The van der Waals surface area contributed by atoms with E-state index in [0.717, 1.165) is 6.92 Å². The average molecular weight is 238 g/mol. The summed E-state index contributed by atoms with van der Waals surface area (Å²) < 4.78 is 37.7. The van der Waals surface area contributed by atoms with Crippen molar-refractivity contribution >= 4 is 5.97 Å². The maximum atomic E-state index is 12.5. The summed E-state index contributed by atoms with van der Waals surface area (Å²) in [6, 6.07) is 0.